The zero-order valence-corrected chi connectivity index (χ0v) is 16.4. The molecule has 2 rings (SSSR count). The number of halogens is 1. The van der Waals surface area contributed by atoms with Crippen LogP contribution >= 0.6 is 35.3 Å². The second-order valence-electron chi connectivity index (χ2n) is 6.41. The molecule has 1 aromatic rings. The van der Waals surface area contributed by atoms with Crippen molar-refractivity contribution in [3.8, 4) is 0 Å². The number of hydrogen-bond acceptors (Lipinski definition) is 3. The second kappa shape index (κ2) is 8.31. The molecule has 0 bridgehead atoms. The summed E-state index contributed by atoms with van der Waals surface area (Å²) in [6.45, 7) is 9.43. The summed E-state index contributed by atoms with van der Waals surface area (Å²) in [5.74, 6) is 0.706. The van der Waals surface area contributed by atoms with Crippen LogP contribution in [-0.4, -0.2) is 35.5 Å². The van der Waals surface area contributed by atoms with Gasteiger partial charge in [0, 0.05) is 36.9 Å². The van der Waals surface area contributed by atoms with Crippen molar-refractivity contribution in [1.29, 1.82) is 0 Å². The molecule has 0 spiro atoms. The minimum Gasteiger partial charge on any atom is -0.370 e. The summed E-state index contributed by atoms with van der Waals surface area (Å²) in [4.78, 5) is 11.4. The molecule has 2 heterocycles. The van der Waals surface area contributed by atoms with Crippen LogP contribution in [0.2, 0.25) is 0 Å². The molecular weight excluding hydrogens is 395 g/mol. The summed E-state index contributed by atoms with van der Waals surface area (Å²) in [5, 5.41) is 3.32. The van der Waals surface area contributed by atoms with Gasteiger partial charge in [-0.1, -0.05) is 20.8 Å². The number of rotatable bonds is 3. The molecule has 0 aromatic carbocycles. The lowest BCUT2D eigenvalue weighted by molar-refractivity contribution is 0.338. The van der Waals surface area contributed by atoms with Gasteiger partial charge < -0.3 is 10.6 Å². The fourth-order valence-corrected chi connectivity index (χ4v) is 3.27. The molecule has 1 aliphatic rings. The first-order chi connectivity index (χ1) is 9.47. The molecule has 6 heteroatoms. The Morgan fingerprint density at radius 2 is 2.00 bits per heavy atom. The highest BCUT2D eigenvalue weighted by molar-refractivity contribution is 14.0. The summed E-state index contributed by atoms with van der Waals surface area (Å²) >= 11 is 1.73. The Labute approximate surface area is 149 Å². The number of guanidine groups is 1. The maximum absolute atomic E-state index is 6.05. The Morgan fingerprint density at radius 3 is 2.57 bits per heavy atom. The van der Waals surface area contributed by atoms with Crippen LogP contribution in [0, 0.1) is 0 Å². The molecular formula is C15H27IN4S. The summed E-state index contributed by atoms with van der Waals surface area (Å²) in [6, 6.07) is 0. The predicted molar refractivity (Wildman–Crippen MR) is 102 cm³/mol. The standard InChI is InChI=1S/C15H26N4S.HI/c1-15(2,3)12-11-20-13(18-12)7-8-17-14(16)19-9-5-4-6-10-19;/h11H,4-10H2,1-3H3,(H2,16,17);1H. The number of likely N-dealkylation sites (tertiary alicyclic amines) is 1. The maximum atomic E-state index is 6.05. The summed E-state index contributed by atoms with van der Waals surface area (Å²) in [5.41, 5.74) is 7.35. The van der Waals surface area contributed by atoms with E-state index in [2.05, 4.69) is 41.0 Å². The minimum atomic E-state index is 0. The van der Waals surface area contributed by atoms with Crippen molar-refractivity contribution in [3.05, 3.63) is 16.1 Å². The van der Waals surface area contributed by atoms with Gasteiger partial charge in [-0.3, -0.25) is 4.99 Å². The summed E-state index contributed by atoms with van der Waals surface area (Å²) in [6.07, 6.45) is 4.67. The van der Waals surface area contributed by atoms with Gasteiger partial charge in [-0.05, 0) is 19.3 Å². The summed E-state index contributed by atoms with van der Waals surface area (Å²) in [7, 11) is 0. The van der Waals surface area contributed by atoms with Crippen LogP contribution in [-0.2, 0) is 11.8 Å². The first-order valence-corrected chi connectivity index (χ1v) is 8.34. The SMILES string of the molecule is CC(C)(C)c1csc(CCN=C(N)N2CCCCC2)n1.I. The number of aromatic nitrogens is 1. The predicted octanol–water partition coefficient (Wildman–Crippen LogP) is 3.40. The molecule has 2 N–H and O–H groups in total. The van der Waals surface area contributed by atoms with E-state index in [9.17, 15) is 0 Å². The lowest BCUT2D eigenvalue weighted by Crippen LogP contribution is -2.41. The third-order valence-corrected chi connectivity index (χ3v) is 4.51. The van der Waals surface area contributed by atoms with Gasteiger partial charge in [0.1, 0.15) is 0 Å². The van der Waals surface area contributed by atoms with E-state index in [1.807, 2.05) is 0 Å². The molecule has 4 nitrogen and oxygen atoms in total. The normalized spacial score (nSPS) is 16.7. The Bertz CT molecular complexity index is 458. The largest absolute Gasteiger partial charge is 0.370 e. The molecule has 1 saturated heterocycles. The van der Waals surface area contributed by atoms with Crippen LogP contribution in [0.15, 0.2) is 10.4 Å². The van der Waals surface area contributed by atoms with Crippen LogP contribution in [0.5, 0.6) is 0 Å². The third-order valence-electron chi connectivity index (χ3n) is 3.60. The minimum absolute atomic E-state index is 0. The Morgan fingerprint density at radius 1 is 1.33 bits per heavy atom. The van der Waals surface area contributed by atoms with Crippen molar-refractivity contribution in [3.63, 3.8) is 0 Å². The number of hydrogen-bond donors (Lipinski definition) is 1. The van der Waals surface area contributed by atoms with E-state index >= 15 is 0 Å². The quantitative estimate of drug-likeness (QED) is 0.462. The fourth-order valence-electron chi connectivity index (χ4n) is 2.26. The number of piperidine rings is 1. The lowest BCUT2D eigenvalue weighted by Gasteiger charge is -2.27. The van der Waals surface area contributed by atoms with E-state index in [0.717, 1.165) is 31.1 Å². The van der Waals surface area contributed by atoms with Gasteiger partial charge in [-0.15, -0.1) is 35.3 Å². The molecule has 1 fully saturated rings. The molecule has 0 unspecified atom stereocenters. The van der Waals surface area contributed by atoms with Crippen molar-refractivity contribution in [2.75, 3.05) is 19.6 Å². The fraction of sp³-hybridized carbons (Fsp3) is 0.733. The van der Waals surface area contributed by atoms with Crippen molar-refractivity contribution < 1.29 is 0 Å². The Kier molecular flexibility index (Phi) is 7.39. The number of nitrogens with zero attached hydrogens (tertiary/aromatic N) is 3. The highest BCUT2D eigenvalue weighted by Gasteiger charge is 2.17. The van der Waals surface area contributed by atoms with E-state index in [1.54, 1.807) is 11.3 Å². The average Bonchev–Trinajstić information content (AvgIpc) is 2.88. The van der Waals surface area contributed by atoms with E-state index < -0.39 is 0 Å². The molecule has 0 radical (unpaired) electrons. The highest BCUT2D eigenvalue weighted by atomic mass is 127. The van der Waals surface area contributed by atoms with E-state index in [-0.39, 0.29) is 29.4 Å². The summed E-state index contributed by atoms with van der Waals surface area (Å²) < 4.78 is 0. The van der Waals surface area contributed by atoms with Gasteiger partial charge in [0.05, 0.1) is 10.7 Å². The molecule has 120 valence electrons. The van der Waals surface area contributed by atoms with E-state index in [1.165, 1.54) is 25.0 Å². The third kappa shape index (κ3) is 5.73. The zero-order chi connectivity index (χ0) is 14.6. The number of nitrogens with two attached hydrogens (primary N) is 1. The Hall–Kier alpha value is -0.370. The van der Waals surface area contributed by atoms with Crippen molar-refractivity contribution in [2.24, 2.45) is 10.7 Å². The average molecular weight is 422 g/mol. The van der Waals surface area contributed by atoms with Gasteiger partial charge in [-0.25, -0.2) is 4.98 Å². The van der Waals surface area contributed by atoms with Crippen LogP contribution in [0.3, 0.4) is 0 Å². The molecule has 0 saturated carbocycles. The van der Waals surface area contributed by atoms with Crippen LogP contribution < -0.4 is 5.73 Å². The van der Waals surface area contributed by atoms with Gasteiger partial charge in [0.15, 0.2) is 5.96 Å². The smallest absolute Gasteiger partial charge is 0.191 e. The van der Waals surface area contributed by atoms with Gasteiger partial charge in [-0.2, -0.15) is 0 Å². The molecule has 0 atom stereocenters. The first-order valence-electron chi connectivity index (χ1n) is 7.46. The van der Waals surface area contributed by atoms with E-state index in [0.29, 0.717) is 5.96 Å². The Balaban J connectivity index is 0.00000220. The topological polar surface area (TPSA) is 54.5 Å². The molecule has 0 amide bonds. The van der Waals surface area contributed by atoms with Crippen LogP contribution in [0.4, 0.5) is 0 Å². The molecule has 1 aromatic heterocycles. The number of aliphatic imine (C=N–C) groups is 1. The molecule has 1 aliphatic heterocycles. The van der Waals surface area contributed by atoms with Crippen LogP contribution in [0.1, 0.15) is 50.7 Å². The second-order valence-corrected chi connectivity index (χ2v) is 7.36. The monoisotopic (exact) mass is 422 g/mol. The van der Waals surface area contributed by atoms with Crippen molar-refractivity contribution in [2.45, 2.75) is 51.9 Å². The molecule has 0 aliphatic carbocycles. The number of thiazole rings is 1. The van der Waals surface area contributed by atoms with Crippen molar-refractivity contribution >= 4 is 41.3 Å². The first kappa shape index (κ1) is 18.7. The highest BCUT2D eigenvalue weighted by Crippen LogP contribution is 2.24. The van der Waals surface area contributed by atoms with Gasteiger partial charge in [0.2, 0.25) is 0 Å². The zero-order valence-electron chi connectivity index (χ0n) is 13.3. The van der Waals surface area contributed by atoms with Gasteiger partial charge >= 0.3 is 0 Å². The lowest BCUT2D eigenvalue weighted by atomic mass is 9.93. The van der Waals surface area contributed by atoms with Gasteiger partial charge in [0.25, 0.3) is 0 Å². The van der Waals surface area contributed by atoms with Crippen LogP contribution in [0.25, 0.3) is 0 Å². The molecule has 21 heavy (non-hydrogen) atoms. The maximum Gasteiger partial charge on any atom is 0.191 e. The van der Waals surface area contributed by atoms with Crippen molar-refractivity contribution in [1.82, 2.24) is 9.88 Å². The van der Waals surface area contributed by atoms with E-state index in [4.69, 9.17) is 5.73 Å².